The molecule has 0 aliphatic rings. The van der Waals surface area contributed by atoms with Crippen molar-refractivity contribution in [3.05, 3.63) is 0 Å². The van der Waals surface area contributed by atoms with Crippen molar-refractivity contribution < 1.29 is 24.5 Å². The average molecular weight is 185 g/mol. The SMILES string of the molecule is [Pd].[SiH3]O[SiH3]. The summed E-state index contributed by atoms with van der Waals surface area (Å²) in [6.45, 7) is 0. The molecule has 0 spiro atoms. The van der Waals surface area contributed by atoms with Gasteiger partial charge in [-0.25, -0.2) is 0 Å². The molecule has 0 fully saturated rings. The van der Waals surface area contributed by atoms with E-state index >= 15 is 0 Å². The molecular formula is H6OPdSi2. The van der Waals surface area contributed by atoms with E-state index in [9.17, 15) is 0 Å². The minimum Gasteiger partial charge on any atom is -0.471 e. The fourth-order valence-electron chi connectivity index (χ4n) is 0. The summed E-state index contributed by atoms with van der Waals surface area (Å²) in [7, 11) is 1.86. The molecule has 4 heteroatoms. The van der Waals surface area contributed by atoms with E-state index in [-0.39, 0.29) is 20.4 Å². The van der Waals surface area contributed by atoms with E-state index in [1.165, 1.54) is 0 Å². The molecule has 0 heterocycles. The Morgan fingerprint density at radius 1 is 1.25 bits per heavy atom. The van der Waals surface area contributed by atoms with Crippen molar-refractivity contribution in [3.63, 3.8) is 0 Å². The molecule has 0 aromatic rings. The van der Waals surface area contributed by atoms with Gasteiger partial charge >= 0.3 is 0 Å². The zero-order chi connectivity index (χ0) is 2.71. The molecule has 0 rings (SSSR count). The van der Waals surface area contributed by atoms with Gasteiger partial charge in [0.15, 0.2) is 0 Å². The van der Waals surface area contributed by atoms with Crippen molar-refractivity contribution in [2.24, 2.45) is 0 Å². The third kappa shape index (κ3) is 11.6. The first-order valence-corrected chi connectivity index (χ1v) is 2.45. The van der Waals surface area contributed by atoms with Gasteiger partial charge < -0.3 is 4.12 Å². The van der Waals surface area contributed by atoms with Gasteiger partial charge in [-0.15, -0.1) is 0 Å². The van der Waals surface area contributed by atoms with E-state index in [2.05, 4.69) is 4.12 Å². The van der Waals surface area contributed by atoms with Crippen molar-refractivity contribution in [1.29, 1.82) is 0 Å². The molecule has 0 atom stereocenters. The summed E-state index contributed by atoms with van der Waals surface area (Å²) in [5.41, 5.74) is 0. The Morgan fingerprint density at radius 3 is 1.25 bits per heavy atom. The fraction of sp³-hybridized carbons (Fsp3) is 0. The van der Waals surface area contributed by atoms with E-state index in [4.69, 9.17) is 0 Å². The molecule has 0 aliphatic carbocycles. The van der Waals surface area contributed by atoms with Gasteiger partial charge in [-0.05, 0) is 0 Å². The van der Waals surface area contributed by atoms with E-state index in [1.807, 2.05) is 0 Å². The van der Waals surface area contributed by atoms with Gasteiger partial charge in [0.2, 0.25) is 0 Å². The third-order valence-corrected chi connectivity index (χ3v) is 0. The van der Waals surface area contributed by atoms with Crippen molar-refractivity contribution in [1.82, 2.24) is 0 Å². The second kappa shape index (κ2) is 8.96. The van der Waals surface area contributed by atoms with Crippen LogP contribution in [0.3, 0.4) is 0 Å². The fourth-order valence-corrected chi connectivity index (χ4v) is 0. The Kier molecular flexibility index (Phi) is 20.0. The second-order valence-electron chi connectivity index (χ2n) is 0.408. The van der Waals surface area contributed by atoms with Crippen molar-refractivity contribution in [3.8, 4) is 0 Å². The van der Waals surface area contributed by atoms with Gasteiger partial charge in [0.05, 0.1) is 0 Å². The summed E-state index contributed by atoms with van der Waals surface area (Å²) < 4.78 is 4.53. The smallest absolute Gasteiger partial charge is 0.129 e. The monoisotopic (exact) mass is 184 g/mol. The quantitative estimate of drug-likeness (QED) is 0.381. The molecule has 0 unspecified atom stereocenters. The van der Waals surface area contributed by atoms with Crippen LogP contribution in [0.5, 0.6) is 0 Å². The van der Waals surface area contributed by atoms with Crippen LogP contribution in [0.4, 0.5) is 0 Å². The van der Waals surface area contributed by atoms with Gasteiger partial charge in [-0.1, -0.05) is 0 Å². The zero-order valence-electron chi connectivity index (χ0n) is 2.72. The minimum absolute atomic E-state index is 0. The molecule has 0 bridgehead atoms. The summed E-state index contributed by atoms with van der Waals surface area (Å²) in [5.74, 6) is 0. The molecule has 30 valence electrons. The predicted octanol–water partition coefficient (Wildman–Crippen LogP) is -2.44. The Hall–Kier alpha value is 1.06. The van der Waals surface area contributed by atoms with Crippen LogP contribution in [0.15, 0.2) is 0 Å². The summed E-state index contributed by atoms with van der Waals surface area (Å²) in [4.78, 5) is 0. The Balaban J connectivity index is 0. The maximum Gasteiger partial charge on any atom is 0.129 e. The molecule has 0 saturated carbocycles. The van der Waals surface area contributed by atoms with Gasteiger partial charge in [-0.2, -0.15) is 0 Å². The molecule has 0 saturated heterocycles. The standard InChI is InChI=1S/H6OSi2.Pd/c2-1-3;/h2-3H3;. The molecule has 0 amide bonds. The Labute approximate surface area is 45.9 Å². The molecule has 1 nitrogen and oxygen atoms in total. The molecule has 0 N–H and O–H groups in total. The molecule has 0 aromatic heterocycles. The molecule has 0 radical (unpaired) electrons. The van der Waals surface area contributed by atoms with Crippen LogP contribution in [-0.4, -0.2) is 21.0 Å². The number of hydrogen-bond donors (Lipinski definition) is 0. The van der Waals surface area contributed by atoms with Crippen molar-refractivity contribution in [2.45, 2.75) is 0 Å². The van der Waals surface area contributed by atoms with E-state index < -0.39 is 0 Å². The van der Waals surface area contributed by atoms with Crippen molar-refractivity contribution in [2.75, 3.05) is 0 Å². The summed E-state index contributed by atoms with van der Waals surface area (Å²) in [5, 5.41) is 0. The summed E-state index contributed by atoms with van der Waals surface area (Å²) >= 11 is 0. The maximum absolute atomic E-state index is 4.53. The Bertz CT molecular complexity index is 6.00. The molecule has 0 aliphatic heterocycles. The molecule has 4 heavy (non-hydrogen) atoms. The molecular weight excluding hydrogens is 179 g/mol. The number of rotatable bonds is 0. The van der Waals surface area contributed by atoms with Crippen LogP contribution in [0.25, 0.3) is 0 Å². The van der Waals surface area contributed by atoms with Gasteiger partial charge in [0.1, 0.15) is 21.0 Å². The Morgan fingerprint density at radius 2 is 1.25 bits per heavy atom. The first kappa shape index (κ1) is 8.91. The van der Waals surface area contributed by atoms with Crippen LogP contribution in [0.1, 0.15) is 0 Å². The predicted molar refractivity (Wildman–Crippen MR) is 21.0 cm³/mol. The molecule has 0 aromatic carbocycles. The van der Waals surface area contributed by atoms with Gasteiger partial charge in [-0.3, -0.25) is 0 Å². The largest absolute Gasteiger partial charge is 0.471 e. The summed E-state index contributed by atoms with van der Waals surface area (Å²) in [6, 6.07) is 0. The van der Waals surface area contributed by atoms with Gasteiger partial charge in [0, 0.05) is 20.4 Å². The normalized spacial score (nSPS) is 6.00. The van der Waals surface area contributed by atoms with E-state index in [0.29, 0.717) is 0 Å². The number of hydrogen-bond acceptors (Lipinski definition) is 1. The zero-order valence-corrected chi connectivity index (χ0v) is 8.28. The van der Waals surface area contributed by atoms with Crippen LogP contribution < -0.4 is 0 Å². The first-order valence-electron chi connectivity index (χ1n) is 0.816. The van der Waals surface area contributed by atoms with E-state index in [0.717, 1.165) is 21.0 Å². The van der Waals surface area contributed by atoms with E-state index in [1.54, 1.807) is 0 Å². The van der Waals surface area contributed by atoms with Crippen LogP contribution in [0.2, 0.25) is 0 Å². The van der Waals surface area contributed by atoms with Crippen molar-refractivity contribution >= 4 is 21.0 Å². The minimum atomic E-state index is 0. The van der Waals surface area contributed by atoms with Crippen LogP contribution >= 0.6 is 0 Å². The second-order valence-corrected chi connectivity index (χ2v) is 3.67. The van der Waals surface area contributed by atoms with Gasteiger partial charge in [0.25, 0.3) is 0 Å². The van der Waals surface area contributed by atoms with Crippen LogP contribution in [-0.2, 0) is 24.5 Å². The van der Waals surface area contributed by atoms with Crippen LogP contribution in [0, 0.1) is 0 Å². The third-order valence-electron chi connectivity index (χ3n) is 0. The average Bonchev–Trinajstić information content (AvgIpc) is 0.918. The summed E-state index contributed by atoms with van der Waals surface area (Å²) in [6.07, 6.45) is 0. The topological polar surface area (TPSA) is 9.23 Å². The maximum atomic E-state index is 4.53. The first-order chi connectivity index (χ1) is 1.41.